The van der Waals surface area contributed by atoms with E-state index in [4.69, 9.17) is 17.3 Å². The van der Waals surface area contributed by atoms with E-state index in [2.05, 4.69) is 4.72 Å². The first-order valence-electron chi connectivity index (χ1n) is 5.59. The molecule has 0 atom stereocenters. The van der Waals surface area contributed by atoms with Gasteiger partial charge in [0, 0.05) is 6.54 Å². The van der Waals surface area contributed by atoms with Gasteiger partial charge in [0.2, 0.25) is 0 Å². The lowest BCUT2D eigenvalue weighted by molar-refractivity contribution is 0.601. The minimum Gasteiger partial charge on any atom is -0.326 e. The molecule has 4 nitrogen and oxygen atoms in total. The third kappa shape index (κ3) is 3.26. The summed E-state index contributed by atoms with van der Waals surface area (Å²) in [7, 11) is -3.64. The summed E-state index contributed by atoms with van der Waals surface area (Å²) in [6.07, 6.45) is 0. The molecule has 100 valence electrons. The van der Waals surface area contributed by atoms with Gasteiger partial charge in [-0.05, 0) is 29.8 Å². The van der Waals surface area contributed by atoms with Gasteiger partial charge in [-0.15, -0.1) is 0 Å². The first-order chi connectivity index (χ1) is 9.03. The van der Waals surface area contributed by atoms with E-state index in [0.717, 1.165) is 5.56 Å². The van der Waals surface area contributed by atoms with Crippen LogP contribution in [-0.4, -0.2) is 8.42 Å². The summed E-state index contributed by atoms with van der Waals surface area (Å²) in [5.74, 6) is 0. The maximum atomic E-state index is 12.2. The number of sulfonamides is 1. The topological polar surface area (TPSA) is 72.2 Å². The van der Waals surface area contributed by atoms with E-state index in [1.54, 1.807) is 36.4 Å². The van der Waals surface area contributed by atoms with E-state index in [0.29, 0.717) is 17.3 Å². The summed E-state index contributed by atoms with van der Waals surface area (Å²) >= 11 is 5.92. The lowest BCUT2D eigenvalue weighted by Gasteiger charge is -2.09. The van der Waals surface area contributed by atoms with E-state index in [1.165, 1.54) is 12.1 Å². The molecule has 0 aliphatic carbocycles. The molecule has 0 spiro atoms. The molecule has 2 aromatic carbocycles. The molecule has 0 bridgehead atoms. The zero-order chi connectivity index (χ0) is 13.9. The van der Waals surface area contributed by atoms with Crippen molar-refractivity contribution in [1.29, 1.82) is 0 Å². The van der Waals surface area contributed by atoms with Crippen LogP contribution >= 0.6 is 11.6 Å². The van der Waals surface area contributed by atoms with Gasteiger partial charge < -0.3 is 5.73 Å². The predicted octanol–water partition coefficient (Wildman–Crippen LogP) is 2.60. The summed E-state index contributed by atoms with van der Waals surface area (Å²) in [4.78, 5) is 0.171. The molecule has 0 fully saturated rings. The van der Waals surface area contributed by atoms with Crippen LogP contribution in [0.15, 0.2) is 53.4 Å². The van der Waals surface area contributed by atoms with Crippen molar-refractivity contribution in [2.24, 2.45) is 5.73 Å². The molecule has 6 heteroatoms. The SMILES string of the molecule is NCc1ccc(S(=O)(=O)Nc2ccccc2Cl)cc1. The van der Waals surface area contributed by atoms with Crippen LogP contribution in [0.2, 0.25) is 5.02 Å². The molecule has 0 saturated heterocycles. The fourth-order valence-electron chi connectivity index (χ4n) is 1.55. The Morgan fingerprint density at radius 1 is 1.05 bits per heavy atom. The predicted molar refractivity (Wildman–Crippen MR) is 76.6 cm³/mol. The Morgan fingerprint density at radius 2 is 1.68 bits per heavy atom. The maximum Gasteiger partial charge on any atom is 0.261 e. The minimum absolute atomic E-state index is 0.171. The van der Waals surface area contributed by atoms with Gasteiger partial charge in [-0.2, -0.15) is 0 Å². The number of benzene rings is 2. The average Bonchev–Trinajstić information content (AvgIpc) is 2.41. The van der Waals surface area contributed by atoms with E-state index < -0.39 is 10.0 Å². The van der Waals surface area contributed by atoms with Gasteiger partial charge in [-0.3, -0.25) is 4.72 Å². The average molecular weight is 297 g/mol. The van der Waals surface area contributed by atoms with Crippen LogP contribution in [0.5, 0.6) is 0 Å². The molecule has 0 aliphatic rings. The summed E-state index contributed by atoms with van der Waals surface area (Å²) in [5.41, 5.74) is 6.70. The van der Waals surface area contributed by atoms with Gasteiger partial charge in [-0.25, -0.2) is 8.42 Å². The number of rotatable bonds is 4. The smallest absolute Gasteiger partial charge is 0.261 e. The van der Waals surface area contributed by atoms with E-state index in [1.807, 2.05) is 0 Å². The normalized spacial score (nSPS) is 11.3. The van der Waals surface area contributed by atoms with Crippen molar-refractivity contribution in [3.8, 4) is 0 Å². The highest BCUT2D eigenvalue weighted by molar-refractivity contribution is 7.92. The summed E-state index contributed by atoms with van der Waals surface area (Å²) in [6.45, 7) is 0.373. The monoisotopic (exact) mass is 296 g/mol. The van der Waals surface area contributed by atoms with Crippen LogP contribution < -0.4 is 10.5 Å². The quantitative estimate of drug-likeness (QED) is 0.911. The van der Waals surface area contributed by atoms with Crippen molar-refractivity contribution in [3.63, 3.8) is 0 Å². The first kappa shape index (κ1) is 13.9. The van der Waals surface area contributed by atoms with E-state index in [9.17, 15) is 8.42 Å². The number of hydrogen-bond donors (Lipinski definition) is 2. The number of anilines is 1. The number of nitrogens with two attached hydrogens (primary N) is 1. The van der Waals surface area contributed by atoms with E-state index in [-0.39, 0.29) is 4.90 Å². The van der Waals surface area contributed by atoms with Gasteiger partial charge in [0.15, 0.2) is 0 Å². The third-order valence-electron chi connectivity index (χ3n) is 2.59. The first-order valence-corrected chi connectivity index (χ1v) is 7.45. The highest BCUT2D eigenvalue weighted by Gasteiger charge is 2.15. The number of hydrogen-bond acceptors (Lipinski definition) is 3. The zero-order valence-electron chi connectivity index (χ0n) is 10.0. The van der Waals surface area contributed by atoms with Crippen LogP contribution in [0.4, 0.5) is 5.69 Å². The van der Waals surface area contributed by atoms with Crippen molar-refractivity contribution in [2.75, 3.05) is 4.72 Å². The maximum absolute atomic E-state index is 12.2. The van der Waals surface area contributed by atoms with Crippen molar-refractivity contribution < 1.29 is 8.42 Å². The second-order valence-electron chi connectivity index (χ2n) is 3.93. The Balaban J connectivity index is 2.30. The molecule has 3 N–H and O–H groups in total. The Kier molecular flexibility index (Phi) is 4.09. The molecule has 0 aliphatic heterocycles. The molecule has 2 rings (SSSR count). The van der Waals surface area contributed by atoms with E-state index >= 15 is 0 Å². The second kappa shape index (κ2) is 5.61. The van der Waals surface area contributed by atoms with Crippen LogP contribution in [0.1, 0.15) is 5.56 Å². The minimum atomic E-state index is -3.64. The Morgan fingerprint density at radius 3 is 2.26 bits per heavy atom. The van der Waals surface area contributed by atoms with Gasteiger partial charge in [0.05, 0.1) is 15.6 Å². The fourth-order valence-corrected chi connectivity index (χ4v) is 2.87. The molecule has 0 radical (unpaired) electrons. The molecular weight excluding hydrogens is 284 g/mol. The summed E-state index contributed by atoms with van der Waals surface area (Å²) < 4.78 is 26.8. The van der Waals surface area contributed by atoms with Crippen molar-refractivity contribution in [2.45, 2.75) is 11.4 Å². The van der Waals surface area contributed by atoms with Crippen LogP contribution in [0, 0.1) is 0 Å². The lowest BCUT2D eigenvalue weighted by Crippen LogP contribution is -2.13. The van der Waals surface area contributed by atoms with Gasteiger partial charge in [0.25, 0.3) is 10.0 Å². The van der Waals surface area contributed by atoms with Gasteiger partial charge >= 0.3 is 0 Å². The summed E-state index contributed by atoms with van der Waals surface area (Å²) in [6, 6.07) is 13.1. The van der Waals surface area contributed by atoms with Crippen molar-refractivity contribution >= 4 is 27.3 Å². The third-order valence-corrected chi connectivity index (χ3v) is 4.30. The van der Waals surface area contributed by atoms with Gasteiger partial charge in [0.1, 0.15) is 0 Å². The second-order valence-corrected chi connectivity index (χ2v) is 6.02. The van der Waals surface area contributed by atoms with Crippen molar-refractivity contribution in [1.82, 2.24) is 0 Å². The summed E-state index contributed by atoms with van der Waals surface area (Å²) in [5, 5.41) is 0.352. The molecule has 0 heterocycles. The lowest BCUT2D eigenvalue weighted by atomic mass is 10.2. The zero-order valence-corrected chi connectivity index (χ0v) is 11.6. The number of halogens is 1. The molecular formula is C13H13ClN2O2S. The molecule has 2 aromatic rings. The Hall–Kier alpha value is -1.56. The van der Waals surface area contributed by atoms with Gasteiger partial charge in [-0.1, -0.05) is 35.9 Å². The fraction of sp³-hybridized carbons (Fsp3) is 0.0769. The van der Waals surface area contributed by atoms with Crippen LogP contribution in [0.3, 0.4) is 0 Å². The molecule has 0 saturated carbocycles. The van der Waals surface area contributed by atoms with Crippen LogP contribution in [0.25, 0.3) is 0 Å². The standard InChI is InChI=1S/C13H13ClN2O2S/c14-12-3-1-2-4-13(12)16-19(17,18)11-7-5-10(9-15)6-8-11/h1-8,16H,9,15H2. The molecule has 19 heavy (non-hydrogen) atoms. The Labute approximate surface area is 117 Å². The van der Waals surface area contributed by atoms with Crippen molar-refractivity contribution in [3.05, 3.63) is 59.1 Å². The van der Waals surface area contributed by atoms with Crippen LogP contribution in [-0.2, 0) is 16.6 Å². The Bertz CT molecular complexity index is 669. The highest BCUT2D eigenvalue weighted by atomic mass is 35.5. The number of nitrogens with one attached hydrogen (secondary N) is 1. The number of para-hydroxylation sites is 1. The highest BCUT2D eigenvalue weighted by Crippen LogP contribution is 2.23. The largest absolute Gasteiger partial charge is 0.326 e. The molecule has 0 amide bonds. The molecule has 0 aromatic heterocycles. The molecule has 0 unspecified atom stereocenters.